The third kappa shape index (κ3) is 5.31. The fourth-order valence-corrected chi connectivity index (χ4v) is 8.50. The molecule has 0 bridgehead atoms. The Kier molecular flexibility index (Phi) is 8.02. The maximum Gasteiger partial charge on any atom is 0.511 e. The van der Waals surface area contributed by atoms with Gasteiger partial charge in [-0.1, -0.05) is 25.1 Å². The Morgan fingerprint density at radius 3 is 2.66 bits per heavy atom. The van der Waals surface area contributed by atoms with E-state index in [4.69, 9.17) is 14.2 Å². The highest BCUT2D eigenvalue weighted by Gasteiger charge is 2.60. The van der Waals surface area contributed by atoms with Crippen molar-refractivity contribution in [1.29, 1.82) is 0 Å². The molecule has 1 aromatic rings. The zero-order valence-corrected chi connectivity index (χ0v) is 23.8. The first-order valence-corrected chi connectivity index (χ1v) is 15.2. The van der Waals surface area contributed by atoms with Gasteiger partial charge in [0, 0.05) is 41.5 Å². The van der Waals surface area contributed by atoms with Crippen molar-refractivity contribution in [3.8, 4) is 0 Å². The van der Waals surface area contributed by atoms with Crippen LogP contribution in [0.5, 0.6) is 0 Å². The van der Waals surface area contributed by atoms with Crippen LogP contribution >= 0.6 is 23.5 Å². The molecule has 38 heavy (non-hydrogen) atoms. The van der Waals surface area contributed by atoms with E-state index in [1.165, 1.54) is 11.8 Å². The Labute approximate surface area is 230 Å². The molecular weight excluding hydrogens is 530 g/mol. The minimum absolute atomic E-state index is 0.150. The second-order valence-electron chi connectivity index (χ2n) is 10.6. The number of thioether (sulfide) groups is 2. The van der Waals surface area contributed by atoms with Gasteiger partial charge in [-0.05, 0) is 39.5 Å². The third-order valence-corrected chi connectivity index (χ3v) is 10.4. The van der Waals surface area contributed by atoms with Gasteiger partial charge in [0.05, 0.1) is 23.8 Å². The molecule has 1 amide bonds. The topological polar surface area (TPSA) is 120 Å². The maximum absolute atomic E-state index is 13.4. The molecule has 1 saturated heterocycles. The van der Waals surface area contributed by atoms with Gasteiger partial charge >= 0.3 is 12.1 Å². The molecule has 0 radical (unpaired) electrons. The summed E-state index contributed by atoms with van der Waals surface area (Å²) in [4.78, 5) is 45.5. The van der Waals surface area contributed by atoms with E-state index in [2.05, 4.69) is 9.55 Å². The summed E-state index contributed by atoms with van der Waals surface area (Å²) in [6.45, 7) is 7.74. The zero-order valence-electron chi connectivity index (χ0n) is 22.1. The highest BCUT2D eigenvalue weighted by Crippen LogP contribution is 2.52. The smallest absolute Gasteiger partial charge is 0.431 e. The summed E-state index contributed by atoms with van der Waals surface area (Å²) in [5.74, 6) is -0.933. The van der Waals surface area contributed by atoms with Crippen molar-refractivity contribution in [3.63, 3.8) is 0 Å². The largest absolute Gasteiger partial charge is 0.511 e. The van der Waals surface area contributed by atoms with Crippen LogP contribution in [0.15, 0.2) is 22.0 Å². The lowest BCUT2D eigenvalue weighted by atomic mass is 9.79. The summed E-state index contributed by atoms with van der Waals surface area (Å²) in [6, 6.07) is -0.317. The second kappa shape index (κ2) is 11.1. The minimum Gasteiger partial charge on any atom is -0.431 e. The highest BCUT2D eigenvalue weighted by atomic mass is 32.2. The van der Waals surface area contributed by atoms with Crippen LogP contribution in [0.25, 0.3) is 0 Å². The second-order valence-corrected chi connectivity index (χ2v) is 12.9. The molecule has 1 aromatic heterocycles. The monoisotopic (exact) mass is 565 g/mol. The van der Waals surface area contributed by atoms with Gasteiger partial charge in [0.15, 0.2) is 5.16 Å². The van der Waals surface area contributed by atoms with E-state index in [0.29, 0.717) is 0 Å². The zero-order chi connectivity index (χ0) is 27.1. The quantitative estimate of drug-likeness (QED) is 0.297. The van der Waals surface area contributed by atoms with Gasteiger partial charge in [-0.3, -0.25) is 4.79 Å². The summed E-state index contributed by atoms with van der Waals surface area (Å²) in [5.41, 5.74) is 1.14. The average Bonchev–Trinajstić information content (AvgIpc) is 3.33. The molecule has 4 aliphatic rings. The molecule has 12 heteroatoms. The molecular formula is C26H35N3O7S2. The van der Waals surface area contributed by atoms with E-state index in [0.717, 1.165) is 60.2 Å². The van der Waals surface area contributed by atoms with E-state index >= 15 is 0 Å². The van der Waals surface area contributed by atoms with Gasteiger partial charge in [0.1, 0.15) is 11.8 Å². The van der Waals surface area contributed by atoms with Crippen molar-refractivity contribution in [2.45, 2.75) is 101 Å². The molecule has 1 saturated carbocycles. The van der Waals surface area contributed by atoms with Crippen molar-refractivity contribution in [2.75, 3.05) is 5.75 Å². The van der Waals surface area contributed by atoms with E-state index < -0.39 is 30.4 Å². The molecule has 3 aliphatic heterocycles. The fourth-order valence-electron chi connectivity index (χ4n) is 5.84. The number of esters is 1. The SMILES string of the molecule is Cc1cn2c(n1)SCC(SC1=C(C(=O)OC(C)OC(=O)OC3CCCCC3)N3C(=O)[C@H]([C@@H](C)O)[C@H]3[C@H]1C)C2. The van der Waals surface area contributed by atoms with Crippen LogP contribution in [-0.4, -0.2) is 73.1 Å². The number of aryl methyl sites for hydroxylation is 1. The van der Waals surface area contributed by atoms with Crippen LogP contribution in [0.1, 0.15) is 58.6 Å². The summed E-state index contributed by atoms with van der Waals surface area (Å²) in [7, 11) is 0. The number of aliphatic hydroxyl groups is 1. The summed E-state index contributed by atoms with van der Waals surface area (Å²) < 4.78 is 18.2. The Bertz CT molecular complexity index is 1130. The van der Waals surface area contributed by atoms with Gasteiger partial charge in [0.2, 0.25) is 12.2 Å². The number of imidazole rings is 1. The van der Waals surface area contributed by atoms with Gasteiger partial charge in [-0.15, -0.1) is 11.8 Å². The average molecular weight is 566 g/mol. The fraction of sp³-hybridized carbons (Fsp3) is 0.692. The number of fused-ring (bicyclic) bond motifs is 2. The first-order valence-electron chi connectivity index (χ1n) is 13.3. The number of aromatic nitrogens is 2. The Morgan fingerprint density at radius 2 is 1.95 bits per heavy atom. The van der Waals surface area contributed by atoms with E-state index in [1.54, 1.807) is 30.4 Å². The molecule has 5 rings (SSSR count). The predicted molar refractivity (Wildman–Crippen MR) is 141 cm³/mol. The van der Waals surface area contributed by atoms with Crippen LogP contribution in [0.4, 0.5) is 4.79 Å². The molecule has 0 aromatic carbocycles. The molecule has 4 heterocycles. The number of carbonyl (C=O) groups is 3. The number of β-lactam (4-membered cyclic amide) rings is 1. The van der Waals surface area contributed by atoms with Crippen LogP contribution in [0.3, 0.4) is 0 Å². The lowest BCUT2D eigenvalue weighted by molar-refractivity contribution is -0.174. The van der Waals surface area contributed by atoms with Crippen LogP contribution in [-0.2, 0) is 30.3 Å². The Balaban J connectivity index is 1.30. The lowest BCUT2D eigenvalue weighted by Crippen LogP contribution is -2.63. The van der Waals surface area contributed by atoms with Crippen molar-refractivity contribution < 1.29 is 33.7 Å². The van der Waals surface area contributed by atoms with E-state index in [-0.39, 0.29) is 34.9 Å². The van der Waals surface area contributed by atoms with Gasteiger partial charge < -0.3 is 28.8 Å². The number of ether oxygens (including phenoxy) is 3. The number of nitrogens with zero attached hydrogens (tertiary/aromatic N) is 3. The molecule has 2 fully saturated rings. The number of amides is 1. The van der Waals surface area contributed by atoms with Crippen LogP contribution in [0.2, 0.25) is 0 Å². The standard InChI is InChI=1S/C26H35N3O7S2/c1-13-10-28-11-18(12-37-25(28)27-13)38-22-14(2)20-19(15(3)30)23(31)29(20)21(22)24(32)34-16(4)35-26(33)36-17-8-6-5-7-9-17/h10,14-20,30H,5-9,11-12H2,1-4H3/t14-,15-,16?,18?,19-,20-/m1/s1. The summed E-state index contributed by atoms with van der Waals surface area (Å²) in [6.07, 6.45) is 3.72. The van der Waals surface area contributed by atoms with Gasteiger partial charge in [0.25, 0.3) is 0 Å². The van der Waals surface area contributed by atoms with Crippen LogP contribution < -0.4 is 0 Å². The number of carbonyl (C=O) groups excluding carboxylic acids is 3. The van der Waals surface area contributed by atoms with Gasteiger partial charge in [-0.25, -0.2) is 14.6 Å². The predicted octanol–water partition coefficient (Wildman–Crippen LogP) is 3.84. The third-order valence-electron chi connectivity index (χ3n) is 7.60. The van der Waals surface area contributed by atoms with E-state index in [1.807, 2.05) is 20.0 Å². The van der Waals surface area contributed by atoms with Crippen molar-refractivity contribution in [3.05, 3.63) is 22.5 Å². The number of rotatable bonds is 7. The normalized spacial score (nSPS) is 28.8. The number of aliphatic hydroxyl groups excluding tert-OH is 1. The number of hydrogen-bond acceptors (Lipinski definition) is 10. The van der Waals surface area contributed by atoms with Crippen LogP contribution in [0, 0.1) is 18.8 Å². The first-order chi connectivity index (χ1) is 18.1. The Morgan fingerprint density at radius 1 is 1.21 bits per heavy atom. The molecule has 1 aliphatic carbocycles. The molecule has 208 valence electrons. The minimum atomic E-state index is -1.18. The molecule has 0 spiro atoms. The molecule has 2 unspecified atom stereocenters. The Hall–Kier alpha value is -2.18. The number of hydrogen-bond donors (Lipinski definition) is 1. The van der Waals surface area contributed by atoms with Crippen molar-refractivity contribution in [2.24, 2.45) is 11.8 Å². The summed E-state index contributed by atoms with van der Waals surface area (Å²) in [5, 5.41) is 11.4. The summed E-state index contributed by atoms with van der Waals surface area (Å²) >= 11 is 3.24. The molecule has 10 nitrogen and oxygen atoms in total. The van der Waals surface area contributed by atoms with E-state index in [9.17, 15) is 19.5 Å². The maximum atomic E-state index is 13.4. The first kappa shape index (κ1) is 27.4. The lowest BCUT2D eigenvalue weighted by Gasteiger charge is -2.46. The molecule has 1 N–H and O–H groups in total. The molecule has 6 atom stereocenters. The highest BCUT2D eigenvalue weighted by molar-refractivity contribution is 8.05. The van der Waals surface area contributed by atoms with Crippen molar-refractivity contribution in [1.82, 2.24) is 14.5 Å². The van der Waals surface area contributed by atoms with Gasteiger partial charge in [-0.2, -0.15) is 0 Å². The van der Waals surface area contributed by atoms with Crippen molar-refractivity contribution >= 4 is 41.6 Å².